The second-order valence-electron chi connectivity index (χ2n) is 20.3. The summed E-state index contributed by atoms with van der Waals surface area (Å²) in [6, 6.07) is 0. The fourth-order valence-electron chi connectivity index (χ4n) is 8.91. The Kier molecular flexibility index (Phi) is 54.7. The third-order valence-corrected chi connectivity index (χ3v) is 13.4. The Balaban J connectivity index is 4.23. The van der Waals surface area contributed by atoms with Gasteiger partial charge in [0, 0.05) is 19.3 Å². The van der Waals surface area contributed by atoms with Crippen LogP contribution in [-0.4, -0.2) is 37.2 Å². The number of unbranched alkanes of at least 4 members (excludes halogenated alkanes) is 40. The highest BCUT2D eigenvalue weighted by molar-refractivity contribution is 5.71. The van der Waals surface area contributed by atoms with E-state index in [1.54, 1.807) is 0 Å². The standard InChI is InChI=1S/C61H114O6/c1-4-7-10-13-16-19-22-25-27-28-29-30-31-32-33-34-35-37-39-42-45-48-51-54-60(63)66-57-58(56-65-59(62)53-50-47-44-41-38-24-21-18-15-12-9-6-3)67-61(64)55-52-49-46-43-40-36-26-23-20-17-14-11-8-5-2/h18,21,28-29,58H,4-17,19-20,22-27,30-57H2,1-3H3/b21-18-,29-28-. The van der Waals surface area contributed by atoms with Crippen LogP contribution in [-0.2, 0) is 28.6 Å². The zero-order chi connectivity index (χ0) is 48.6. The summed E-state index contributed by atoms with van der Waals surface area (Å²) in [7, 11) is 0. The second kappa shape index (κ2) is 56.5. The largest absolute Gasteiger partial charge is 0.462 e. The van der Waals surface area contributed by atoms with E-state index in [2.05, 4.69) is 45.1 Å². The van der Waals surface area contributed by atoms with Crippen LogP contribution in [0, 0.1) is 0 Å². The molecule has 0 aromatic carbocycles. The number of allylic oxidation sites excluding steroid dienone is 4. The molecular formula is C61H114O6. The van der Waals surface area contributed by atoms with E-state index >= 15 is 0 Å². The summed E-state index contributed by atoms with van der Waals surface area (Å²) in [6.07, 6.45) is 66.1. The number of rotatable bonds is 55. The zero-order valence-corrected chi connectivity index (χ0v) is 45.2. The molecule has 0 aliphatic carbocycles. The summed E-state index contributed by atoms with van der Waals surface area (Å²) in [5.41, 5.74) is 0. The molecule has 0 N–H and O–H groups in total. The Labute approximate surface area is 417 Å². The van der Waals surface area contributed by atoms with Gasteiger partial charge in [0.25, 0.3) is 0 Å². The van der Waals surface area contributed by atoms with E-state index in [1.165, 1.54) is 225 Å². The monoisotopic (exact) mass is 943 g/mol. The molecule has 0 rings (SSSR count). The molecular weight excluding hydrogens is 829 g/mol. The van der Waals surface area contributed by atoms with Gasteiger partial charge in [-0.25, -0.2) is 0 Å². The molecule has 0 aliphatic rings. The first-order valence-corrected chi connectivity index (χ1v) is 29.8. The molecule has 67 heavy (non-hydrogen) atoms. The van der Waals surface area contributed by atoms with Crippen LogP contribution in [0.4, 0.5) is 0 Å². The smallest absolute Gasteiger partial charge is 0.306 e. The third-order valence-electron chi connectivity index (χ3n) is 13.4. The summed E-state index contributed by atoms with van der Waals surface area (Å²) in [5, 5.41) is 0. The summed E-state index contributed by atoms with van der Waals surface area (Å²) in [4.78, 5) is 38.1. The fourth-order valence-corrected chi connectivity index (χ4v) is 8.91. The molecule has 0 bridgehead atoms. The molecule has 0 saturated carbocycles. The quantitative estimate of drug-likeness (QED) is 0.0262. The lowest BCUT2D eigenvalue weighted by Gasteiger charge is -2.18. The minimum atomic E-state index is -0.770. The molecule has 0 saturated heterocycles. The maximum atomic E-state index is 12.8. The highest BCUT2D eigenvalue weighted by atomic mass is 16.6. The Morgan fingerprint density at radius 2 is 0.493 bits per heavy atom. The van der Waals surface area contributed by atoms with E-state index in [1.807, 2.05) is 0 Å². The third kappa shape index (κ3) is 54.7. The fraction of sp³-hybridized carbons (Fsp3) is 0.885. The maximum absolute atomic E-state index is 12.8. The molecule has 6 heteroatoms. The van der Waals surface area contributed by atoms with Crippen LogP contribution in [0.15, 0.2) is 24.3 Å². The summed E-state index contributed by atoms with van der Waals surface area (Å²) < 4.78 is 16.9. The lowest BCUT2D eigenvalue weighted by molar-refractivity contribution is -0.167. The van der Waals surface area contributed by atoms with Crippen LogP contribution in [0.5, 0.6) is 0 Å². The van der Waals surface area contributed by atoms with Gasteiger partial charge in [-0.1, -0.05) is 263 Å². The number of ether oxygens (including phenoxy) is 3. The minimum Gasteiger partial charge on any atom is -0.462 e. The van der Waals surface area contributed by atoms with Crippen LogP contribution in [0.25, 0.3) is 0 Å². The average Bonchev–Trinajstić information content (AvgIpc) is 3.33. The van der Waals surface area contributed by atoms with E-state index in [-0.39, 0.29) is 31.1 Å². The Morgan fingerprint density at radius 3 is 0.776 bits per heavy atom. The van der Waals surface area contributed by atoms with Gasteiger partial charge in [0.05, 0.1) is 0 Å². The number of esters is 3. The van der Waals surface area contributed by atoms with Crippen molar-refractivity contribution in [1.82, 2.24) is 0 Å². The Bertz CT molecular complexity index is 1080. The minimum absolute atomic E-state index is 0.0697. The van der Waals surface area contributed by atoms with E-state index in [9.17, 15) is 14.4 Å². The average molecular weight is 944 g/mol. The molecule has 0 spiro atoms. The number of hydrogen-bond acceptors (Lipinski definition) is 6. The highest BCUT2D eigenvalue weighted by Gasteiger charge is 2.19. The van der Waals surface area contributed by atoms with E-state index < -0.39 is 6.10 Å². The zero-order valence-electron chi connectivity index (χ0n) is 45.2. The van der Waals surface area contributed by atoms with Crippen molar-refractivity contribution in [1.29, 1.82) is 0 Å². The first kappa shape index (κ1) is 64.9. The normalized spacial score (nSPS) is 12.1. The predicted molar refractivity (Wildman–Crippen MR) is 289 cm³/mol. The van der Waals surface area contributed by atoms with Gasteiger partial charge < -0.3 is 14.2 Å². The van der Waals surface area contributed by atoms with Crippen molar-refractivity contribution < 1.29 is 28.6 Å². The molecule has 0 aromatic heterocycles. The van der Waals surface area contributed by atoms with Gasteiger partial charge in [0.1, 0.15) is 13.2 Å². The maximum Gasteiger partial charge on any atom is 0.306 e. The molecule has 1 atom stereocenters. The van der Waals surface area contributed by atoms with Crippen LogP contribution in [0.3, 0.4) is 0 Å². The van der Waals surface area contributed by atoms with E-state index in [4.69, 9.17) is 14.2 Å². The van der Waals surface area contributed by atoms with E-state index in [0.29, 0.717) is 19.3 Å². The Morgan fingerprint density at radius 1 is 0.284 bits per heavy atom. The highest BCUT2D eigenvalue weighted by Crippen LogP contribution is 2.17. The number of carbonyl (C=O) groups is 3. The van der Waals surface area contributed by atoms with Crippen molar-refractivity contribution in [3.05, 3.63) is 24.3 Å². The van der Waals surface area contributed by atoms with Crippen molar-refractivity contribution in [3.8, 4) is 0 Å². The second-order valence-corrected chi connectivity index (χ2v) is 20.3. The van der Waals surface area contributed by atoms with Crippen molar-refractivity contribution >= 4 is 17.9 Å². The summed E-state index contributed by atoms with van der Waals surface area (Å²) in [6.45, 7) is 6.65. The Hall–Kier alpha value is -2.11. The topological polar surface area (TPSA) is 78.9 Å². The van der Waals surface area contributed by atoms with Crippen LogP contribution in [0.1, 0.15) is 329 Å². The van der Waals surface area contributed by atoms with Crippen LogP contribution in [0.2, 0.25) is 0 Å². The SMILES string of the molecule is CCCCC/C=C\CCCCCCCC(=O)OCC(COC(=O)CCCCCCCCCCCCC/C=C\CCCCCCCCCC)OC(=O)CCCCCCCCCCCCCCCC. The molecule has 6 nitrogen and oxygen atoms in total. The van der Waals surface area contributed by atoms with Gasteiger partial charge >= 0.3 is 17.9 Å². The molecule has 0 aliphatic heterocycles. The molecule has 0 radical (unpaired) electrons. The lowest BCUT2D eigenvalue weighted by atomic mass is 10.0. The van der Waals surface area contributed by atoms with Crippen molar-refractivity contribution in [2.45, 2.75) is 335 Å². The molecule has 0 heterocycles. The van der Waals surface area contributed by atoms with E-state index in [0.717, 1.165) is 64.2 Å². The van der Waals surface area contributed by atoms with Crippen molar-refractivity contribution in [2.24, 2.45) is 0 Å². The van der Waals surface area contributed by atoms with Gasteiger partial charge in [-0.2, -0.15) is 0 Å². The van der Waals surface area contributed by atoms with Gasteiger partial charge in [-0.3, -0.25) is 14.4 Å². The number of carbonyl (C=O) groups excluding carboxylic acids is 3. The molecule has 0 amide bonds. The molecule has 1 unspecified atom stereocenters. The summed E-state index contributed by atoms with van der Waals surface area (Å²) >= 11 is 0. The molecule has 0 aromatic rings. The first-order chi connectivity index (χ1) is 33.0. The first-order valence-electron chi connectivity index (χ1n) is 29.8. The molecule has 394 valence electrons. The summed E-state index contributed by atoms with van der Waals surface area (Å²) in [5.74, 6) is -0.860. The van der Waals surface area contributed by atoms with Gasteiger partial charge in [0.15, 0.2) is 6.10 Å². The van der Waals surface area contributed by atoms with Gasteiger partial charge in [-0.05, 0) is 70.6 Å². The van der Waals surface area contributed by atoms with Crippen LogP contribution >= 0.6 is 0 Å². The van der Waals surface area contributed by atoms with Gasteiger partial charge in [-0.15, -0.1) is 0 Å². The number of hydrogen-bond donors (Lipinski definition) is 0. The van der Waals surface area contributed by atoms with Gasteiger partial charge in [0.2, 0.25) is 0 Å². The van der Waals surface area contributed by atoms with Crippen molar-refractivity contribution in [2.75, 3.05) is 13.2 Å². The van der Waals surface area contributed by atoms with Crippen molar-refractivity contribution in [3.63, 3.8) is 0 Å². The lowest BCUT2D eigenvalue weighted by Crippen LogP contribution is -2.30. The molecule has 0 fully saturated rings. The predicted octanol–water partition coefficient (Wildman–Crippen LogP) is 19.9. The van der Waals surface area contributed by atoms with Crippen LogP contribution < -0.4 is 0 Å².